The summed E-state index contributed by atoms with van der Waals surface area (Å²) in [6, 6.07) is 5.68. The largest absolute Gasteiger partial charge is 0.495 e. The number of amides is 2. The van der Waals surface area contributed by atoms with Gasteiger partial charge >= 0.3 is 12.2 Å². The minimum Gasteiger partial charge on any atom is -0.495 e. The number of carbonyl (C=O) groups excluding carboxylic acids is 1. The maximum atomic E-state index is 12.9. The number of alkyl halides is 3. The molecule has 5 nitrogen and oxygen atoms in total. The van der Waals surface area contributed by atoms with Gasteiger partial charge in [0.25, 0.3) is 0 Å². The van der Waals surface area contributed by atoms with Crippen LogP contribution in [0.3, 0.4) is 0 Å². The van der Waals surface area contributed by atoms with Crippen LogP contribution in [0.2, 0.25) is 10.0 Å². The SMILES string of the molecule is COc1cc(OC)c(NC(=O)NCc2ccc(Cl)c(C(F)(F)F)c2)cc1Cl. The van der Waals surface area contributed by atoms with Crippen molar-refractivity contribution in [3.05, 3.63) is 51.5 Å². The molecule has 2 amide bonds. The molecule has 0 spiro atoms. The van der Waals surface area contributed by atoms with E-state index in [1.165, 1.54) is 32.4 Å². The fourth-order valence-electron chi connectivity index (χ4n) is 2.21. The molecule has 0 atom stereocenters. The summed E-state index contributed by atoms with van der Waals surface area (Å²) in [6.45, 7) is -0.141. The van der Waals surface area contributed by atoms with Gasteiger partial charge in [-0.3, -0.25) is 0 Å². The Morgan fingerprint density at radius 1 is 1.04 bits per heavy atom. The second-order valence-electron chi connectivity index (χ2n) is 5.31. The van der Waals surface area contributed by atoms with E-state index in [0.717, 1.165) is 12.1 Å². The molecule has 0 aliphatic heterocycles. The highest BCUT2D eigenvalue weighted by Gasteiger charge is 2.33. The Hall–Kier alpha value is -2.32. The van der Waals surface area contributed by atoms with Crippen molar-refractivity contribution >= 4 is 34.9 Å². The zero-order valence-electron chi connectivity index (χ0n) is 14.2. The lowest BCUT2D eigenvalue weighted by molar-refractivity contribution is -0.137. The van der Waals surface area contributed by atoms with Gasteiger partial charge in [-0.1, -0.05) is 29.3 Å². The number of rotatable bonds is 5. The number of ether oxygens (including phenoxy) is 2. The van der Waals surface area contributed by atoms with Gasteiger partial charge in [-0.2, -0.15) is 13.2 Å². The van der Waals surface area contributed by atoms with Crippen LogP contribution in [0.5, 0.6) is 11.5 Å². The lowest BCUT2D eigenvalue weighted by atomic mass is 10.1. The highest BCUT2D eigenvalue weighted by molar-refractivity contribution is 6.32. The number of methoxy groups -OCH3 is 2. The Labute approximate surface area is 163 Å². The van der Waals surface area contributed by atoms with E-state index in [9.17, 15) is 18.0 Å². The van der Waals surface area contributed by atoms with Crippen LogP contribution < -0.4 is 20.1 Å². The molecule has 2 aromatic rings. The standard InChI is InChI=1S/C17H15Cl2F3N2O3/c1-26-14-7-15(27-2)13(6-12(14)19)24-16(25)23-8-9-3-4-11(18)10(5-9)17(20,21)22/h3-7H,8H2,1-2H3,(H2,23,24,25). The van der Waals surface area contributed by atoms with Crippen LogP contribution in [0.4, 0.5) is 23.7 Å². The molecule has 0 saturated carbocycles. The van der Waals surface area contributed by atoms with Crippen LogP contribution in [-0.2, 0) is 12.7 Å². The van der Waals surface area contributed by atoms with E-state index in [0.29, 0.717) is 11.5 Å². The predicted octanol–water partition coefficient (Wildman–Crippen LogP) is 5.35. The third-order valence-corrected chi connectivity index (χ3v) is 4.14. The quantitative estimate of drug-likeness (QED) is 0.682. The molecule has 0 aliphatic rings. The van der Waals surface area contributed by atoms with Gasteiger partial charge in [-0.25, -0.2) is 4.79 Å². The highest BCUT2D eigenvalue weighted by Crippen LogP contribution is 2.36. The first-order valence-electron chi connectivity index (χ1n) is 7.47. The van der Waals surface area contributed by atoms with Crippen LogP contribution in [0.15, 0.2) is 30.3 Å². The van der Waals surface area contributed by atoms with E-state index in [1.807, 2.05) is 0 Å². The monoisotopic (exact) mass is 422 g/mol. The molecular weight excluding hydrogens is 408 g/mol. The predicted molar refractivity (Wildman–Crippen MR) is 96.9 cm³/mol. The molecule has 2 rings (SSSR count). The Morgan fingerprint density at radius 3 is 2.30 bits per heavy atom. The molecule has 0 radical (unpaired) electrons. The van der Waals surface area contributed by atoms with Crippen molar-refractivity contribution in [1.82, 2.24) is 5.32 Å². The van der Waals surface area contributed by atoms with Gasteiger partial charge in [0.1, 0.15) is 11.5 Å². The summed E-state index contributed by atoms with van der Waals surface area (Å²) in [7, 11) is 2.83. The molecule has 2 N–H and O–H groups in total. The number of anilines is 1. The normalized spacial score (nSPS) is 11.1. The number of urea groups is 1. The average molecular weight is 423 g/mol. The zero-order chi connectivity index (χ0) is 20.2. The fraction of sp³-hybridized carbons (Fsp3) is 0.235. The van der Waals surface area contributed by atoms with Crippen LogP contribution >= 0.6 is 23.2 Å². The highest BCUT2D eigenvalue weighted by atomic mass is 35.5. The molecule has 0 unspecified atom stereocenters. The molecule has 0 heterocycles. The Balaban J connectivity index is 2.08. The van der Waals surface area contributed by atoms with E-state index in [2.05, 4.69) is 10.6 Å². The maximum absolute atomic E-state index is 12.9. The fourth-order valence-corrected chi connectivity index (χ4v) is 2.67. The van der Waals surface area contributed by atoms with E-state index in [4.69, 9.17) is 32.7 Å². The van der Waals surface area contributed by atoms with Gasteiger partial charge in [-0.05, 0) is 23.8 Å². The van der Waals surface area contributed by atoms with Crippen molar-refractivity contribution in [2.24, 2.45) is 0 Å². The lowest BCUT2D eigenvalue weighted by Gasteiger charge is -2.14. The smallest absolute Gasteiger partial charge is 0.417 e. The van der Waals surface area contributed by atoms with Gasteiger partial charge < -0.3 is 20.1 Å². The lowest BCUT2D eigenvalue weighted by Crippen LogP contribution is -2.28. The second kappa shape index (κ2) is 8.58. The average Bonchev–Trinajstić information content (AvgIpc) is 2.60. The van der Waals surface area contributed by atoms with Crippen molar-refractivity contribution in [2.45, 2.75) is 12.7 Å². The molecule has 0 aromatic heterocycles. The third kappa shape index (κ3) is 5.33. The minimum absolute atomic E-state index is 0.141. The Bertz CT molecular complexity index is 845. The number of nitrogens with one attached hydrogen (secondary N) is 2. The topological polar surface area (TPSA) is 59.6 Å². The molecular formula is C17H15Cl2F3N2O3. The summed E-state index contributed by atoms with van der Waals surface area (Å²) < 4.78 is 48.8. The van der Waals surface area contributed by atoms with Crippen molar-refractivity contribution in [1.29, 1.82) is 0 Å². The molecule has 2 aromatic carbocycles. The first kappa shape index (κ1) is 21.0. The second-order valence-corrected chi connectivity index (χ2v) is 6.12. The summed E-state index contributed by atoms with van der Waals surface area (Å²) in [5, 5.41) is 4.81. The van der Waals surface area contributed by atoms with Gasteiger partial charge in [0.15, 0.2) is 0 Å². The number of halogens is 5. The summed E-state index contributed by atoms with van der Waals surface area (Å²) in [5.74, 6) is 0.664. The molecule has 146 valence electrons. The summed E-state index contributed by atoms with van der Waals surface area (Å²) in [4.78, 5) is 12.1. The van der Waals surface area contributed by atoms with Crippen LogP contribution in [0.1, 0.15) is 11.1 Å². The number of carbonyl (C=O) groups is 1. The zero-order valence-corrected chi connectivity index (χ0v) is 15.7. The van der Waals surface area contributed by atoms with E-state index in [1.54, 1.807) is 0 Å². The van der Waals surface area contributed by atoms with E-state index >= 15 is 0 Å². The van der Waals surface area contributed by atoms with Gasteiger partial charge in [0, 0.05) is 12.6 Å². The van der Waals surface area contributed by atoms with Crippen molar-refractivity contribution in [3.63, 3.8) is 0 Å². The van der Waals surface area contributed by atoms with Gasteiger partial charge in [0.05, 0.1) is 35.5 Å². The molecule has 10 heteroatoms. The molecule has 0 aliphatic carbocycles. The van der Waals surface area contributed by atoms with Crippen LogP contribution in [0, 0.1) is 0 Å². The summed E-state index contributed by atoms with van der Waals surface area (Å²) >= 11 is 11.6. The third-order valence-electron chi connectivity index (χ3n) is 3.51. The van der Waals surface area contributed by atoms with Crippen molar-refractivity contribution in [2.75, 3.05) is 19.5 Å². The first-order valence-corrected chi connectivity index (χ1v) is 8.23. The summed E-state index contributed by atoms with van der Waals surface area (Å²) in [6.07, 6.45) is -4.58. The number of benzene rings is 2. The first-order chi connectivity index (χ1) is 12.7. The van der Waals surface area contributed by atoms with E-state index in [-0.39, 0.29) is 22.8 Å². The number of hydrogen-bond acceptors (Lipinski definition) is 3. The van der Waals surface area contributed by atoms with Crippen molar-refractivity contribution in [3.8, 4) is 11.5 Å². The molecule has 0 saturated heterocycles. The molecule has 0 bridgehead atoms. The number of hydrogen-bond donors (Lipinski definition) is 2. The Kier molecular flexibility index (Phi) is 6.67. The van der Waals surface area contributed by atoms with Crippen LogP contribution in [-0.4, -0.2) is 20.3 Å². The van der Waals surface area contributed by atoms with Gasteiger partial charge in [-0.15, -0.1) is 0 Å². The van der Waals surface area contributed by atoms with Crippen molar-refractivity contribution < 1.29 is 27.4 Å². The van der Waals surface area contributed by atoms with Gasteiger partial charge in [0.2, 0.25) is 0 Å². The van der Waals surface area contributed by atoms with Crippen LogP contribution in [0.25, 0.3) is 0 Å². The molecule has 0 fully saturated rings. The summed E-state index contributed by atoms with van der Waals surface area (Å²) in [5.41, 5.74) is -0.457. The Morgan fingerprint density at radius 2 is 1.70 bits per heavy atom. The maximum Gasteiger partial charge on any atom is 0.417 e. The molecule has 27 heavy (non-hydrogen) atoms. The minimum atomic E-state index is -4.58. The van der Waals surface area contributed by atoms with E-state index < -0.39 is 22.8 Å².